The summed E-state index contributed by atoms with van der Waals surface area (Å²) in [6, 6.07) is 10.5. The van der Waals surface area contributed by atoms with Crippen molar-refractivity contribution in [2.75, 3.05) is 12.4 Å². The Morgan fingerprint density at radius 1 is 1.00 bits per heavy atom. The average Bonchev–Trinajstić information content (AvgIpc) is 2.54. The maximum atomic E-state index is 12.1. The molecule has 24 heavy (non-hydrogen) atoms. The van der Waals surface area contributed by atoms with Gasteiger partial charge in [-0.1, -0.05) is 6.07 Å². The van der Waals surface area contributed by atoms with E-state index in [-0.39, 0.29) is 16.8 Å². The normalized spacial score (nSPS) is 10.8. The third kappa shape index (κ3) is 4.73. The number of carbonyl (C=O) groups is 2. The van der Waals surface area contributed by atoms with Crippen LogP contribution in [-0.2, 0) is 4.74 Å². The average molecular weight is 339 g/mol. The number of halogens is 3. The number of benzene rings is 2. The molecule has 0 bridgehead atoms. The van der Waals surface area contributed by atoms with Crippen molar-refractivity contribution in [1.82, 2.24) is 0 Å². The van der Waals surface area contributed by atoms with Crippen molar-refractivity contribution in [3.8, 4) is 5.75 Å². The van der Waals surface area contributed by atoms with Gasteiger partial charge >= 0.3 is 12.3 Å². The summed E-state index contributed by atoms with van der Waals surface area (Å²) in [7, 11) is 1.22. The van der Waals surface area contributed by atoms with Gasteiger partial charge in [0.25, 0.3) is 5.91 Å². The quantitative estimate of drug-likeness (QED) is 0.864. The highest BCUT2D eigenvalue weighted by molar-refractivity contribution is 6.05. The lowest BCUT2D eigenvalue weighted by molar-refractivity contribution is -0.274. The zero-order chi connectivity index (χ0) is 17.7. The van der Waals surface area contributed by atoms with Crippen LogP contribution in [0.4, 0.5) is 18.9 Å². The molecule has 2 aromatic rings. The Bertz CT molecular complexity index is 742. The van der Waals surface area contributed by atoms with Crippen molar-refractivity contribution in [3.05, 3.63) is 59.7 Å². The molecule has 0 aromatic heterocycles. The Morgan fingerprint density at radius 3 is 2.21 bits per heavy atom. The summed E-state index contributed by atoms with van der Waals surface area (Å²) in [5.41, 5.74) is 0.686. The molecule has 1 N–H and O–H groups in total. The second kappa shape index (κ2) is 7.03. The van der Waals surface area contributed by atoms with E-state index in [1.165, 1.54) is 43.5 Å². The summed E-state index contributed by atoms with van der Waals surface area (Å²) in [5, 5.41) is 2.50. The maximum absolute atomic E-state index is 12.1. The summed E-state index contributed by atoms with van der Waals surface area (Å²) in [6.45, 7) is 0. The minimum Gasteiger partial charge on any atom is -0.465 e. The predicted octanol–water partition coefficient (Wildman–Crippen LogP) is 3.62. The Labute approximate surface area is 135 Å². The molecule has 0 atom stereocenters. The molecule has 0 fully saturated rings. The first kappa shape index (κ1) is 17.3. The Kier molecular flexibility index (Phi) is 5.08. The van der Waals surface area contributed by atoms with Crippen molar-refractivity contribution in [2.45, 2.75) is 6.36 Å². The third-order valence-corrected chi connectivity index (χ3v) is 2.89. The molecule has 5 nitrogen and oxygen atoms in total. The topological polar surface area (TPSA) is 64.6 Å². The first-order chi connectivity index (χ1) is 11.3. The molecule has 2 aromatic carbocycles. The first-order valence-electron chi connectivity index (χ1n) is 6.64. The first-order valence-corrected chi connectivity index (χ1v) is 6.64. The number of esters is 1. The van der Waals surface area contributed by atoms with Gasteiger partial charge < -0.3 is 14.8 Å². The lowest BCUT2D eigenvalue weighted by Crippen LogP contribution is -2.17. The number of ether oxygens (including phenoxy) is 2. The van der Waals surface area contributed by atoms with E-state index in [2.05, 4.69) is 14.8 Å². The van der Waals surface area contributed by atoms with Crippen LogP contribution in [0.3, 0.4) is 0 Å². The second-order valence-electron chi connectivity index (χ2n) is 4.60. The molecule has 0 saturated heterocycles. The number of amides is 1. The lowest BCUT2D eigenvalue weighted by Gasteiger charge is -2.10. The minimum absolute atomic E-state index is 0.202. The van der Waals surface area contributed by atoms with Crippen LogP contribution in [0.1, 0.15) is 20.7 Å². The van der Waals surface area contributed by atoms with Crippen molar-refractivity contribution in [2.24, 2.45) is 0 Å². The van der Waals surface area contributed by atoms with Crippen LogP contribution in [0.2, 0.25) is 0 Å². The van der Waals surface area contributed by atoms with E-state index in [9.17, 15) is 22.8 Å². The predicted molar refractivity (Wildman–Crippen MR) is 78.9 cm³/mol. The van der Waals surface area contributed by atoms with Gasteiger partial charge in [0.1, 0.15) is 5.75 Å². The number of hydrogen-bond acceptors (Lipinski definition) is 4. The van der Waals surface area contributed by atoms with Gasteiger partial charge in [-0.3, -0.25) is 4.79 Å². The minimum atomic E-state index is -4.78. The van der Waals surface area contributed by atoms with Gasteiger partial charge in [0, 0.05) is 11.3 Å². The van der Waals surface area contributed by atoms with Crippen LogP contribution in [0.15, 0.2) is 48.5 Å². The molecule has 0 saturated carbocycles. The molecule has 2 rings (SSSR count). The Hall–Kier alpha value is -3.03. The molecular weight excluding hydrogens is 327 g/mol. The highest BCUT2D eigenvalue weighted by Gasteiger charge is 2.30. The van der Waals surface area contributed by atoms with E-state index in [4.69, 9.17) is 0 Å². The van der Waals surface area contributed by atoms with Crippen molar-refractivity contribution >= 4 is 17.6 Å². The van der Waals surface area contributed by atoms with Gasteiger partial charge in [0.2, 0.25) is 0 Å². The molecule has 126 valence electrons. The van der Waals surface area contributed by atoms with Gasteiger partial charge in [0.15, 0.2) is 0 Å². The fourth-order valence-corrected chi connectivity index (χ4v) is 1.85. The Balaban J connectivity index is 2.08. The maximum Gasteiger partial charge on any atom is 0.573 e. The van der Waals surface area contributed by atoms with E-state index in [1.807, 2.05) is 0 Å². The van der Waals surface area contributed by atoms with E-state index < -0.39 is 24.0 Å². The second-order valence-corrected chi connectivity index (χ2v) is 4.60. The molecule has 8 heteroatoms. The molecule has 0 aliphatic carbocycles. The zero-order valence-electron chi connectivity index (χ0n) is 12.4. The molecule has 0 heterocycles. The van der Waals surface area contributed by atoms with Crippen LogP contribution in [0.25, 0.3) is 0 Å². The van der Waals surface area contributed by atoms with Crippen LogP contribution < -0.4 is 10.1 Å². The number of anilines is 1. The highest BCUT2D eigenvalue weighted by Crippen LogP contribution is 2.24. The summed E-state index contributed by atoms with van der Waals surface area (Å²) < 4.78 is 44.5. The van der Waals surface area contributed by atoms with Gasteiger partial charge in [0.05, 0.1) is 12.7 Å². The van der Waals surface area contributed by atoms with Gasteiger partial charge in [-0.2, -0.15) is 0 Å². The molecule has 0 radical (unpaired) electrons. The number of methoxy groups -OCH3 is 1. The summed E-state index contributed by atoms with van der Waals surface area (Å²) >= 11 is 0. The number of hydrogen-bond donors (Lipinski definition) is 1. The fourth-order valence-electron chi connectivity index (χ4n) is 1.85. The summed E-state index contributed by atoms with van der Waals surface area (Å²) in [6.07, 6.45) is -4.78. The summed E-state index contributed by atoms with van der Waals surface area (Å²) in [4.78, 5) is 23.6. The zero-order valence-corrected chi connectivity index (χ0v) is 12.4. The molecular formula is C16H12F3NO4. The number of alkyl halides is 3. The monoisotopic (exact) mass is 339 g/mol. The molecule has 0 unspecified atom stereocenters. The lowest BCUT2D eigenvalue weighted by atomic mass is 10.1. The van der Waals surface area contributed by atoms with Gasteiger partial charge in [-0.05, 0) is 42.5 Å². The smallest absolute Gasteiger partial charge is 0.465 e. The standard InChI is InChI=1S/C16H12F3NO4/c1-23-15(22)11-4-2-3-10(9-11)14(21)20-12-5-7-13(8-6-12)24-16(17,18)19/h2-9H,1H3,(H,20,21). The molecule has 0 aliphatic heterocycles. The fraction of sp³-hybridized carbons (Fsp3) is 0.125. The van der Waals surface area contributed by atoms with Gasteiger partial charge in [-0.15, -0.1) is 13.2 Å². The number of rotatable bonds is 4. The molecule has 1 amide bonds. The summed E-state index contributed by atoms with van der Waals surface area (Å²) in [5.74, 6) is -1.50. The van der Waals surface area contributed by atoms with Crippen molar-refractivity contribution in [3.63, 3.8) is 0 Å². The van der Waals surface area contributed by atoms with Gasteiger partial charge in [-0.25, -0.2) is 4.79 Å². The SMILES string of the molecule is COC(=O)c1cccc(C(=O)Nc2ccc(OC(F)(F)F)cc2)c1. The Morgan fingerprint density at radius 2 is 1.62 bits per heavy atom. The van der Waals surface area contributed by atoms with Crippen molar-refractivity contribution < 1.29 is 32.2 Å². The van der Waals surface area contributed by atoms with Crippen LogP contribution in [0.5, 0.6) is 5.75 Å². The third-order valence-electron chi connectivity index (χ3n) is 2.89. The highest BCUT2D eigenvalue weighted by atomic mass is 19.4. The van der Waals surface area contributed by atoms with Crippen LogP contribution in [0, 0.1) is 0 Å². The van der Waals surface area contributed by atoms with Crippen molar-refractivity contribution in [1.29, 1.82) is 0 Å². The van der Waals surface area contributed by atoms with E-state index in [1.54, 1.807) is 0 Å². The molecule has 0 spiro atoms. The molecule has 0 aliphatic rings. The number of nitrogens with one attached hydrogen (secondary N) is 1. The van der Waals surface area contributed by atoms with E-state index >= 15 is 0 Å². The van der Waals surface area contributed by atoms with E-state index in [0.717, 1.165) is 12.1 Å². The largest absolute Gasteiger partial charge is 0.573 e. The van der Waals surface area contributed by atoms with Crippen LogP contribution in [-0.4, -0.2) is 25.3 Å². The number of carbonyl (C=O) groups excluding carboxylic acids is 2. The van der Waals surface area contributed by atoms with E-state index in [0.29, 0.717) is 0 Å². The van der Waals surface area contributed by atoms with Crippen LogP contribution >= 0.6 is 0 Å².